The summed E-state index contributed by atoms with van der Waals surface area (Å²) in [6, 6.07) is 16.7. The molecule has 5 heterocycles. The number of thioether (sulfide) groups is 1. The summed E-state index contributed by atoms with van der Waals surface area (Å²) < 4.78 is 40.5. The van der Waals surface area contributed by atoms with E-state index in [1.165, 1.54) is 31.7 Å². The number of quaternary nitrogens is 1. The van der Waals surface area contributed by atoms with Crippen molar-refractivity contribution in [1.29, 1.82) is 0 Å². The van der Waals surface area contributed by atoms with E-state index in [0.717, 1.165) is 58.9 Å². The smallest absolute Gasteiger partial charge is 0.353 e. The third-order valence-corrected chi connectivity index (χ3v) is 15.1. The van der Waals surface area contributed by atoms with Crippen molar-refractivity contribution < 1.29 is 61.7 Å². The fourth-order valence-corrected chi connectivity index (χ4v) is 11.0. The molecule has 2 fully saturated rings. The largest absolute Gasteiger partial charge is 0.497 e. The minimum atomic E-state index is -1.61. The van der Waals surface area contributed by atoms with Gasteiger partial charge in [-0.15, -0.1) is 22.0 Å². The van der Waals surface area contributed by atoms with Crippen LogP contribution in [-0.2, 0) is 41.9 Å². The molecule has 0 aliphatic carbocycles. The van der Waals surface area contributed by atoms with Gasteiger partial charge in [0.25, 0.3) is 25.7 Å². The van der Waals surface area contributed by atoms with Gasteiger partial charge < -0.3 is 48.4 Å². The second-order valence-electron chi connectivity index (χ2n) is 22.2. The topological polar surface area (TPSA) is 259 Å². The van der Waals surface area contributed by atoms with Crippen molar-refractivity contribution in [3.63, 3.8) is 0 Å². The van der Waals surface area contributed by atoms with Gasteiger partial charge in [0, 0.05) is 24.2 Å². The molecule has 3 aliphatic rings. The lowest BCUT2D eigenvalue weighted by molar-refractivity contribution is -0.911. The van der Waals surface area contributed by atoms with Gasteiger partial charge in [-0.2, -0.15) is 4.37 Å². The molecule has 428 valence electrons. The second-order valence-corrected chi connectivity index (χ2v) is 24.2. The maximum absolute atomic E-state index is 14.6. The number of amides is 3. The number of likely N-dealkylation sites (tertiary alicyclic amines) is 1. The number of aryl methyl sites for hydroxylation is 1. The molecule has 3 aromatic carbocycles. The first-order valence-electron chi connectivity index (χ1n) is 26.2. The van der Waals surface area contributed by atoms with Gasteiger partial charge in [-0.25, -0.2) is 19.3 Å². The quantitative estimate of drug-likeness (QED) is 0.0214. The Morgan fingerprint density at radius 1 is 0.852 bits per heavy atom. The average Bonchev–Trinajstić information content (AvgIpc) is 4.34. The molecule has 3 aliphatic heterocycles. The molecule has 26 heteroatoms. The predicted octanol–water partition coefficient (Wildman–Crippen LogP) is 5.59. The number of benzene rings is 3. The van der Waals surface area contributed by atoms with Crippen molar-refractivity contribution in [2.24, 2.45) is 5.16 Å². The van der Waals surface area contributed by atoms with E-state index in [0.29, 0.717) is 45.5 Å². The first kappa shape index (κ1) is 59.5. The summed E-state index contributed by atoms with van der Waals surface area (Å²) in [6.07, 6.45) is 1.82. The lowest BCUT2D eigenvalue weighted by Gasteiger charge is -2.50. The third kappa shape index (κ3) is 14.5. The van der Waals surface area contributed by atoms with Crippen LogP contribution in [0.25, 0.3) is 5.70 Å². The summed E-state index contributed by atoms with van der Waals surface area (Å²) >= 11 is 2.49. The zero-order valence-corrected chi connectivity index (χ0v) is 49.0. The van der Waals surface area contributed by atoms with E-state index >= 15 is 0 Å². The van der Waals surface area contributed by atoms with Crippen LogP contribution in [0, 0.1) is 6.92 Å². The Morgan fingerprint density at radius 2 is 1.48 bits per heavy atom. The van der Waals surface area contributed by atoms with Gasteiger partial charge in [0.2, 0.25) is 23.0 Å². The van der Waals surface area contributed by atoms with Gasteiger partial charge in [0.15, 0.2) is 11.5 Å². The highest BCUT2D eigenvalue weighted by Crippen LogP contribution is 2.44. The van der Waals surface area contributed by atoms with Gasteiger partial charge >= 0.3 is 11.9 Å². The number of tetrazole rings is 1. The van der Waals surface area contributed by atoms with E-state index in [1.54, 1.807) is 85.8 Å². The molecule has 8 rings (SSSR count). The van der Waals surface area contributed by atoms with Crippen LogP contribution in [0.15, 0.2) is 71.4 Å². The molecule has 0 unspecified atom stereocenters. The van der Waals surface area contributed by atoms with E-state index in [4.69, 9.17) is 41.2 Å². The molecule has 23 nitrogen and oxygen atoms in total. The maximum atomic E-state index is 14.6. The Bertz CT molecular complexity index is 3200. The Hall–Kier alpha value is -7.58. The van der Waals surface area contributed by atoms with Crippen LogP contribution in [0.5, 0.6) is 23.0 Å². The number of nitrogens with one attached hydrogen (secondary N) is 2. The number of hydrogen-bond acceptors (Lipinski definition) is 20. The van der Waals surface area contributed by atoms with Gasteiger partial charge in [0.1, 0.15) is 64.4 Å². The molecule has 0 spiro atoms. The van der Waals surface area contributed by atoms with E-state index in [9.17, 15) is 24.0 Å². The predicted molar refractivity (Wildman–Crippen MR) is 301 cm³/mol. The monoisotopic (exact) mass is 1150 g/mol. The van der Waals surface area contributed by atoms with E-state index < -0.39 is 57.9 Å². The van der Waals surface area contributed by atoms with Crippen molar-refractivity contribution in [2.75, 3.05) is 52.7 Å². The number of fused-ring (bicyclic) bond motifs is 1. The number of oxime groups is 1. The molecule has 2 atom stereocenters. The molecule has 2 radical (unpaired) electrons. The standard InChI is InChI=1S/C55H66BN11O12S2/c1-32-58-45(63-81-32)41(62-79-55(8,9)52(72)78-54(5,6)7)48(69)59-42-49(70)65-43(46-60-64-66(56)61-46)35(31-80-50(42)65)28-67(25-12-13-26-67)27-24-57-47(68)38-22-23-39(75-29-33-14-18-36(73-10)19-15-33)44(40(38)51(71)77-53(2,3)4)76-30-34-16-20-37(74-11)21-17-34/h14-23,42,50H,12-13,24-31H2,1-11H3,(H-,57,59,68,69)/p+1/b62-41-/t42-,50-/m1/s1. The zero-order valence-electron chi connectivity index (χ0n) is 47.3. The van der Waals surface area contributed by atoms with E-state index in [1.807, 2.05) is 36.4 Å². The number of ether oxygens (including phenoxy) is 6. The molecule has 81 heavy (non-hydrogen) atoms. The minimum absolute atomic E-state index is 0.0172. The minimum Gasteiger partial charge on any atom is -0.497 e. The Kier molecular flexibility index (Phi) is 18.1. The Balaban J connectivity index is 1.03. The summed E-state index contributed by atoms with van der Waals surface area (Å²) in [7, 11) is 9.11. The summed E-state index contributed by atoms with van der Waals surface area (Å²) in [6.45, 7) is 17.8. The number of carbonyl (C=O) groups is 5. The van der Waals surface area contributed by atoms with Gasteiger partial charge in [-0.1, -0.05) is 34.6 Å². The van der Waals surface area contributed by atoms with Gasteiger partial charge in [-0.3, -0.25) is 19.3 Å². The van der Waals surface area contributed by atoms with Crippen LogP contribution in [-0.4, -0.2) is 163 Å². The van der Waals surface area contributed by atoms with Crippen LogP contribution < -0.4 is 29.6 Å². The van der Waals surface area contributed by atoms with Crippen LogP contribution in [0.3, 0.4) is 0 Å². The normalized spacial score (nSPS) is 17.1. The average molecular weight is 1150 g/mol. The molecule has 0 saturated carbocycles. The molecule has 2 saturated heterocycles. The zero-order chi connectivity index (χ0) is 58.4. The second kappa shape index (κ2) is 24.7. The molecule has 2 N–H and O–H groups in total. The fourth-order valence-electron chi connectivity index (χ4n) is 9.20. The van der Waals surface area contributed by atoms with Crippen LogP contribution >= 0.6 is 23.3 Å². The number of nitrogens with zero attached hydrogens (tertiary/aromatic N) is 9. The molecular weight excluding hydrogens is 1080 g/mol. The van der Waals surface area contributed by atoms with Crippen molar-refractivity contribution in [1.82, 2.24) is 45.0 Å². The molecular formula is C55H67BN11O12S2+. The summed E-state index contributed by atoms with van der Waals surface area (Å²) in [5.74, 6) is -1.19. The summed E-state index contributed by atoms with van der Waals surface area (Å²) in [5, 5.41) is 22.4. The number of carbonyl (C=O) groups excluding carboxylic acids is 5. The summed E-state index contributed by atoms with van der Waals surface area (Å²) in [5.41, 5.74) is -0.918. The lowest BCUT2D eigenvalue weighted by atomic mass is 10.0. The molecule has 3 amide bonds. The maximum Gasteiger partial charge on any atom is 0.353 e. The molecule has 0 bridgehead atoms. The highest BCUT2D eigenvalue weighted by atomic mass is 32.2. The van der Waals surface area contributed by atoms with Gasteiger partial charge in [0.05, 0.1) is 51.7 Å². The highest BCUT2D eigenvalue weighted by molar-refractivity contribution is 8.00. The summed E-state index contributed by atoms with van der Waals surface area (Å²) in [4.78, 5) is 82.0. The number of β-lactam (4-membered cyclic amide) rings is 1. The number of methoxy groups -OCH3 is 2. The van der Waals surface area contributed by atoms with Crippen LogP contribution in [0.2, 0.25) is 0 Å². The first-order chi connectivity index (χ1) is 38.4. The SMILES string of the molecule is [B]n1nnc(C2=C(C[N+]3(CCNC(=O)c4ccc(OCc5ccc(OC)cc5)c(OCc5ccc(OC)cc5)c4C(=O)OC(C)(C)C)CCCC3)CS[C@@H]3[C@H](NC(=O)/C(=N\OC(C)(C)C(=O)OC(C)(C)C)c4nsc(C)n4)C(=O)N23)n1. The number of rotatable bonds is 22. The van der Waals surface area contributed by atoms with E-state index in [2.05, 4.69) is 40.6 Å². The third-order valence-electron chi connectivity index (χ3n) is 13.2. The van der Waals surface area contributed by atoms with Crippen molar-refractivity contribution >= 4 is 72.3 Å². The molecule has 5 aromatic rings. The first-order valence-corrected chi connectivity index (χ1v) is 28.1. The highest BCUT2D eigenvalue weighted by Gasteiger charge is 2.55. The fraction of sp³-hybridized carbons (Fsp3) is 0.473. The molecule has 2 aromatic heterocycles. The number of esters is 2. The van der Waals surface area contributed by atoms with Gasteiger partial charge in [-0.05, 0) is 121 Å². The Morgan fingerprint density at radius 3 is 2.05 bits per heavy atom. The lowest BCUT2D eigenvalue weighted by Crippen LogP contribution is -2.70. The van der Waals surface area contributed by atoms with Crippen molar-refractivity contribution in [3.05, 3.63) is 105 Å². The number of hydrogen-bond donors (Lipinski definition) is 2. The van der Waals surface area contributed by atoms with Crippen molar-refractivity contribution in [3.8, 4) is 23.0 Å². The van der Waals surface area contributed by atoms with Crippen molar-refractivity contribution in [2.45, 2.75) is 117 Å². The Labute approximate surface area is 479 Å². The van der Waals surface area contributed by atoms with Crippen LogP contribution in [0.4, 0.5) is 0 Å². The van der Waals surface area contributed by atoms with E-state index in [-0.39, 0.29) is 59.7 Å². The van der Waals surface area contributed by atoms with Crippen LogP contribution in [0.1, 0.15) is 117 Å². The number of aromatic nitrogens is 6.